The van der Waals surface area contributed by atoms with Crippen LogP contribution in [-0.2, 0) is 14.8 Å². The van der Waals surface area contributed by atoms with Gasteiger partial charge in [0, 0.05) is 32.3 Å². The number of hydrogen-bond acceptors (Lipinski definition) is 5. The average Bonchev–Trinajstić information content (AvgIpc) is 2.39. The quantitative estimate of drug-likeness (QED) is 0.814. The van der Waals surface area contributed by atoms with Gasteiger partial charge in [-0.05, 0) is 25.0 Å². The number of nitrogen functional groups attached to an aromatic ring is 1. The van der Waals surface area contributed by atoms with E-state index in [9.17, 15) is 13.2 Å². The number of carbonyl (C=O) groups excluding carboxylic acids is 1. The Kier molecular flexibility index (Phi) is 4.24. The van der Waals surface area contributed by atoms with E-state index < -0.39 is 10.0 Å². The van der Waals surface area contributed by atoms with Crippen LogP contribution in [0.5, 0.6) is 0 Å². The van der Waals surface area contributed by atoms with Crippen molar-refractivity contribution in [2.45, 2.75) is 30.7 Å². The molecule has 0 spiro atoms. The first-order valence-corrected chi connectivity index (χ1v) is 7.83. The highest BCUT2D eigenvalue weighted by Crippen LogP contribution is 2.23. The van der Waals surface area contributed by atoms with Crippen LogP contribution in [0.15, 0.2) is 23.2 Å². The average molecular weight is 298 g/mol. The fourth-order valence-electron chi connectivity index (χ4n) is 2.29. The highest BCUT2D eigenvalue weighted by atomic mass is 32.2. The lowest BCUT2D eigenvalue weighted by molar-refractivity contribution is -0.119. The Balaban J connectivity index is 2.10. The molecule has 1 aromatic heterocycles. The van der Waals surface area contributed by atoms with Crippen LogP contribution < -0.4 is 11.1 Å². The molecule has 3 N–H and O–H groups in total. The van der Waals surface area contributed by atoms with E-state index in [1.54, 1.807) is 6.07 Å². The van der Waals surface area contributed by atoms with Gasteiger partial charge in [-0.1, -0.05) is 0 Å². The van der Waals surface area contributed by atoms with Crippen molar-refractivity contribution in [3.05, 3.63) is 18.3 Å². The molecular formula is C12H18N4O3S. The third kappa shape index (κ3) is 3.07. The van der Waals surface area contributed by atoms with Crippen molar-refractivity contribution in [1.29, 1.82) is 0 Å². The van der Waals surface area contributed by atoms with Gasteiger partial charge in [-0.3, -0.25) is 4.79 Å². The molecule has 110 valence electrons. The van der Waals surface area contributed by atoms with Crippen LogP contribution in [0.4, 0.5) is 5.82 Å². The van der Waals surface area contributed by atoms with Gasteiger partial charge < -0.3 is 11.1 Å². The topological polar surface area (TPSA) is 105 Å². The molecule has 1 aliphatic rings. The first-order chi connectivity index (χ1) is 9.41. The third-order valence-electron chi connectivity index (χ3n) is 3.28. The van der Waals surface area contributed by atoms with Gasteiger partial charge in [0.1, 0.15) is 10.7 Å². The second-order valence-electron chi connectivity index (χ2n) is 4.77. The fraction of sp³-hybridized carbons (Fsp3) is 0.500. The van der Waals surface area contributed by atoms with Gasteiger partial charge in [0.2, 0.25) is 15.9 Å². The summed E-state index contributed by atoms with van der Waals surface area (Å²) in [7, 11) is -3.61. The number of sulfonamides is 1. The van der Waals surface area contributed by atoms with Crippen LogP contribution in [0.3, 0.4) is 0 Å². The molecule has 0 atom stereocenters. The molecule has 20 heavy (non-hydrogen) atoms. The Morgan fingerprint density at radius 3 is 2.65 bits per heavy atom. The summed E-state index contributed by atoms with van der Waals surface area (Å²) in [6, 6.07) is 3.04. The summed E-state index contributed by atoms with van der Waals surface area (Å²) >= 11 is 0. The minimum atomic E-state index is -3.61. The molecule has 2 rings (SSSR count). The van der Waals surface area contributed by atoms with E-state index in [0.717, 1.165) is 0 Å². The third-order valence-corrected chi connectivity index (χ3v) is 5.22. The molecule has 1 amide bonds. The molecule has 0 saturated carbocycles. The van der Waals surface area contributed by atoms with E-state index in [1.807, 2.05) is 0 Å². The normalized spacial score (nSPS) is 17.9. The van der Waals surface area contributed by atoms with Gasteiger partial charge in [-0.15, -0.1) is 0 Å². The summed E-state index contributed by atoms with van der Waals surface area (Å²) in [5, 5.41) is 2.81. The molecule has 7 nitrogen and oxygen atoms in total. The number of piperidine rings is 1. The SMILES string of the molecule is CC(=O)NC1CCN(S(=O)(=O)c2cccnc2N)CC1. The Morgan fingerprint density at radius 1 is 1.45 bits per heavy atom. The predicted octanol–water partition coefficient (Wildman–Crippen LogP) is -0.0470. The Labute approximate surface area is 118 Å². The lowest BCUT2D eigenvalue weighted by Gasteiger charge is -2.31. The van der Waals surface area contributed by atoms with Crippen LogP contribution in [0, 0.1) is 0 Å². The maximum absolute atomic E-state index is 12.5. The zero-order chi connectivity index (χ0) is 14.8. The number of amides is 1. The Bertz CT molecular complexity index is 594. The van der Waals surface area contributed by atoms with Crippen molar-refractivity contribution in [3.8, 4) is 0 Å². The van der Waals surface area contributed by atoms with Gasteiger partial charge in [0.05, 0.1) is 0 Å². The second-order valence-corrected chi connectivity index (χ2v) is 6.67. The monoisotopic (exact) mass is 298 g/mol. The summed E-state index contributed by atoms with van der Waals surface area (Å²) < 4.78 is 26.3. The number of hydrogen-bond donors (Lipinski definition) is 2. The van der Waals surface area contributed by atoms with Crippen molar-refractivity contribution in [2.24, 2.45) is 0 Å². The van der Waals surface area contributed by atoms with E-state index in [2.05, 4.69) is 10.3 Å². The number of aromatic nitrogens is 1. The summed E-state index contributed by atoms with van der Waals surface area (Å²) in [5.41, 5.74) is 5.63. The molecule has 0 bridgehead atoms. The zero-order valence-corrected chi connectivity index (χ0v) is 12.1. The first-order valence-electron chi connectivity index (χ1n) is 6.39. The minimum absolute atomic E-state index is 0.0106. The molecule has 1 aromatic rings. The predicted molar refractivity (Wildman–Crippen MR) is 74.2 cm³/mol. The zero-order valence-electron chi connectivity index (χ0n) is 11.2. The van der Waals surface area contributed by atoms with Crippen LogP contribution >= 0.6 is 0 Å². The first kappa shape index (κ1) is 14.7. The smallest absolute Gasteiger partial charge is 0.246 e. The van der Waals surface area contributed by atoms with Crippen LogP contribution in [-0.4, -0.2) is 42.7 Å². The van der Waals surface area contributed by atoms with Crippen molar-refractivity contribution < 1.29 is 13.2 Å². The van der Waals surface area contributed by atoms with Crippen LogP contribution in [0.25, 0.3) is 0 Å². The van der Waals surface area contributed by atoms with Crippen molar-refractivity contribution in [1.82, 2.24) is 14.6 Å². The molecule has 0 radical (unpaired) electrons. The summed E-state index contributed by atoms with van der Waals surface area (Å²) in [6.07, 6.45) is 2.65. The number of nitrogens with two attached hydrogens (primary N) is 1. The molecule has 1 fully saturated rings. The summed E-state index contributed by atoms with van der Waals surface area (Å²) in [4.78, 5) is 14.8. The molecule has 1 aliphatic heterocycles. The van der Waals surface area contributed by atoms with Gasteiger partial charge in [-0.2, -0.15) is 4.31 Å². The van der Waals surface area contributed by atoms with Gasteiger partial charge in [0.25, 0.3) is 0 Å². The van der Waals surface area contributed by atoms with Gasteiger partial charge in [-0.25, -0.2) is 13.4 Å². The molecule has 0 unspecified atom stereocenters. The fourth-order valence-corrected chi connectivity index (χ4v) is 3.83. The minimum Gasteiger partial charge on any atom is -0.383 e. The maximum atomic E-state index is 12.5. The highest BCUT2D eigenvalue weighted by molar-refractivity contribution is 7.89. The summed E-state index contributed by atoms with van der Waals surface area (Å²) in [6.45, 7) is 2.18. The number of carbonyl (C=O) groups is 1. The van der Waals surface area contributed by atoms with Gasteiger partial charge >= 0.3 is 0 Å². The molecule has 8 heteroatoms. The Hall–Kier alpha value is -1.67. The lowest BCUT2D eigenvalue weighted by atomic mass is 10.1. The van der Waals surface area contributed by atoms with E-state index >= 15 is 0 Å². The number of nitrogens with zero attached hydrogens (tertiary/aromatic N) is 2. The maximum Gasteiger partial charge on any atom is 0.246 e. The van der Waals surface area contributed by atoms with Crippen molar-refractivity contribution >= 4 is 21.7 Å². The molecular weight excluding hydrogens is 280 g/mol. The molecule has 1 saturated heterocycles. The molecule has 0 aromatic carbocycles. The van der Waals surface area contributed by atoms with Gasteiger partial charge in [0.15, 0.2) is 0 Å². The standard InChI is InChI=1S/C12H18N4O3S/c1-9(17)15-10-4-7-16(8-5-10)20(18,19)11-3-2-6-14-12(11)13/h2-3,6,10H,4-5,7-8H2,1H3,(H2,13,14)(H,15,17). The van der Waals surface area contributed by atoms with Crippen molar-refractivity contribution in [2.75, 3.05) is 18.8 Å². The summed E-state index contributed by atoms with van der Waals surface area (Å²) in [5.74, 6) is -0.0840. The van der Waals surface area contributed by atoms with E-state index in [1.165, 1.54) is 23.5 Å². The van der Waals surface area contributed by atoms with Crippen LogP contribution in [0.1, 0.15) is 19.8 Å². The Morgan fingerprint density at radius 2 is 2.10 bits per heavy atom. The number of pyridine rings is 1. The molecule has 2 heterocycles. The van der Waals surface area contributed by atoms with E-state index in [4.69, 9.17) is 5.73 Å². The number of anilines is 1. The highest BCUT2D eigenvalue weighted by Gasteiger charge is 2.31. The molecule has 0 aliphatic carbocycles. The number of nitrogens with one attached hydrogen (secondary N) is 1. The number of rotatable bonds is 3. The van der Waals surface area contributed by atoms with E-state index in [-0.39, 0.29) is 22.7 Å². The van der Waals surface area contributed by atoms with E-state index in [0.29, 0.717) is 25.9 Å². The van der Waals surface area contributed by atoms with Crippen molar-refractivity contribution in [3.63, 3.8) is 0 Å². The van der Waals surface area contributed by atoms with Crippen LogP contribution in [0.2, 0.25) is 0 Å². The lowest BCUT2D eigenvalue weighted by Crippen LogP contribution is -2.46. The second kappa shape index (κ2) is 5.76. The largest absolute Gasteiger partial charge is 0.383 e.